The summed E-state index contributed by atoms with van der Waals surface area (Å²) in [6.45, 7) is 6.52. The molecule has 1 aromatic heterocycles. The number of aromatic nitrogens is 2. The van der Waals surface area contributed by atoms with Gasteiger partial charge in [-0.2, -0.15) is 5.10 Å². The van der Waals surface area contributed by atoms with Crippen molar-refractivity contribution in [2.75, 3.05) is 20.1 Å². The predicted octanol–water partition coefficient (Wildman–Crippen LogP) is 2.79. The Morgan fingerprint density at radius 2 is 2.00 bits per heavy atom. The van der Waals surface area contributed by atoms with Crippen LogP contribution in [0, 0.1) is 13.8 Å². The van der Waals surface area contributed by atoms with E-state index in [1.54, 1.807) is 0 Å². The number of nitrogens with one attached hydrogen (secondary N) is 1. The minimum atomic E-state index is 0. The van der Waals surface area contributed by atoms with E-state index in [1.807, 2.05) is 47.8 Å². The third-order valence-corrected chi connectivity index (χ3v) is 4.71. The van der Waals surface area contributed by atoms with Crippen molar-refractivity contribution >= 4 is 18.3 Å². The topological polar surface area (TPSA) is 50.2 Å². The normalized spacial score (nSPS) is 16.8. The van der Waals surface area contributed by atoms with E-state index in [-0.39, 0.29) is 18.3 Å². The van der Waals surface area contributed by atoms with Gasteiger partial charge >= 0.3 is 0 Å². The van der Waals surface area contributed by atoms with Crippen LogP contribution in [0.4, 0.5) is 0 Å². The highest BCUT2D eigenvalue weighted by atomic mass is 35.5. The number of nitrogens with zero attached hydrogens (tertiary/aromatic N) is 3. The number of likely N-dealkylation sites (N-methyl/N-ethyl adjacent to an activating group) is 1. The summed E-state index contributed by atoms with van der Waals surface area (Å²) in [6, 6.07) is 10.3. The van der Waals surface area contributed by atoms with E-state index in [0.717, 1.165) is 55.0 Å². The standard InChI is InChI=1S/C19H26N4O.ClH/c1-14-11-15(2)23(21-14)13-16-6-8-17(9-7-16)19(24)22-10-4-5-18(22)12-20-3;/h6-9,11,18,20H,4-5,10,12-13H2,1-3H3;1H. The van der Waals surface area contributed by atoms with Crippen LogP contribution in [-0.4, -0.2) is 46.8 Å². The van der Waals surface area contributed by atoms with Crippen LogP contribution in [0.5, 0.6) is 0 Å². The van der Waals surface area contributed by atoms with Crippen LogP contribution in [0.15, 0.2) is 30.3 Å². The van der Waals surface area contributed by atoms with Crippen LogP contribution in [0.25, 0.3) is 0 Å². The smallest absolute Gasteiger partial charge is 0.254 e. The molecule has 1 fully saturated rings. The van der Waals surface area contributed by atoms with Gasteiger partial charge in [-0.25, -0.2) is 0 Å². The van der Waals surface area contributed by atoms with Gasteiger partial charge < -0.3 is 10.2 Å². The lowest BCUT2D eigenvalue weighted by atomic mass is 10.1. The monoisotopic (exact) mass is 362 g/mol. The summed E-state index contributed by atoms with van der Waals surface area (Å²) in [4.78, 5) is 14.7. The minimum absolute atomic E-state index is 0. The molecule has 1 amide bonds. The van der Waals surface area contributed by atoms with Crippen molar-refractivity contribution in [2.45, 2.75) is 39.3 Å². The molecule has 5 nitrogen and oxygen atoms in total. The van der Waals surface area contributed by atoms with E-state index in [9.17, 15) is 4.79 Å². The fourth-order valence-corrected chi connectivity index (χ4v) is 3.48. The Morgan fingerprint density at radius 3 is 2.60 bits per heavy atom. The third-order valence-electron chi connectivity index (χ3n) is 4.71. The van der Waals surface area contributed by atoms with E-state index >= 15 is 0 Å². The average molecular weight is 363 g/mol. The zero-order valence-corrected chi connectivity index (χ0v) is 16.0. The number of hydrogen-bond acceptors (Lipinski definition) is 3. The highest BCUT2D eigenvalue weighted by Crippen LogP contribution is 2.20. The second-order valence-corrected chi connectivity index (χ2v) is 6.63. The first-order chi connectivity index (χ1) is 11.6. The summed E-state index contributed by atoms with van der Waals surface area (Å²) in [5, 5.41) is 7.68. The van der Waals surface area contributed by atoms with Crippen LogP contribution in [0.1, 0.15) is 40.2 Å². The molecule has 0 spiro atoms. The second kappa shape index (κ2) is 8.50. The lowest BCUT2D eigenvalue weighted by Crippen LogP contribution is -2.40. The molecule has 0 aliphatic carbocycles. The first-order valence-corrected chi connectivity index (χ1v) is 8.64. The number of aryl methyl sites for hydroxylation is 2. The van der Waals surface area contributed by atoms with Gasteiger partial charge in [-0.3, -0.25) is 9.48 Å². The molecular weight excluding hydrogens is 336 g/mol. The quantitative estimate of drug-likeness (QED) is 0.889. The largest absolute Gasteiger partial charge is 0.334 e. The Balaban J connectivity index is 0.00000225. The van der Waals surface area contributed by atoms with Crippen molar-refractivity contribution in [2.24, 2.45) is 0 Å². The van der Waals surface area contributed by atoms with Crippen molar-refractivity contribution in [3.63, 3.8) is 0 Å². The molecule has 1 N–H and O–H groups in total. The summed E-state index contributed by atoms with van der Waals surface area (Å²) >= 11 is 0. The Bertz CT molecular complexity index is 711. The van der Waals surface area contributed by atoms with Crippen LogP contribution in [0.2, 0.25) is 0 Å². The number of carbonyl (C=O) groups excluding carboxylic acids is 1. The first-order valence-electron chi connectivity index (χ1n) is 8.64. The third kappa shape index (κ3) is 4.41. The van der Waals surface area contributed by atoms with Gasteiger partial charge in [-0.05, 0) is 57.5 Å². The molecule has 1 aliphatic rings. The van der Waals surface area contributed by atoms with E-state index in [0.29, 0.717) is 6.04 Å². The maximum atomic E-state index is 12.7. The summed E-state index contributed by atoms with van der Waals surface area (Å²) < 4.78 is 2.00. The summed E-state index contributed by atoms with van der Waals surface area (Å²) in [7, 11) is 1.94. The molecule has 1 saturated heterocycles. The Labute approximate surface area is 155 Å². The molecular formula is C19H27ClN4O. The molecule has 2 aromatic rings. The highest BCUT2D eigenvalue weighted by Gasteiger charge is 2.28. The van der Waals surface area contributed by atoms with Gasteiger partial charge in [-0.1, -0.05) is 12.1 Å². The van der Waals surface area contributed by atoms with Crippen molar-refractivity contribution in [1.29, 1.82) is 0 Å². The lowest BCUT2D eigenvalue weighted by molar-refractivity contribution is 0.0737. The van der Waals surface area contributed by atoms with Crippen LogP contribution >= 0.6 is 12.4 Å². The summed E-state index contributed by atoms with van der Waals surface area (Å²) in [5.41, 5.74) is 4.12. The van der Waals surface area contributed by atoms with E-state index < -0.39 is 0 Å². The van der Waals surface area contributed by atoms with Gasteiger partial charge in [0.25, 0.3) is 5.91 Å². The summed E-state index contributed by atoms with van der Waals surface area (Å²) in [6.07, 6.45) is 2.18. The van der Waals surface area contributed by atoms with Crippen LogP contribution in [-0.2, 0) is 6.54 Å². The number of likely N-dealkylation sites (tertiary alicyclic amines) is 1. The van der Waals surface area contributed by atoms with Crippen molar-refractivity contribution < 1.29 is 4.79 Å². The second-order valence-electron chi connectivity index (χ2n) is 6.63. The molecule has 1 aliphatic heterocycles. The van der Waals surface area contributed by atoms with Gasteiger partial charge in [0.05, 0.1) is 12.2 Å². The Morgan fingerprint density at radius 1 is 1.28 bits per heavy atom. The number of benzene rings is 1. The van der Waals surface area contributed by atoms with Crippen molar-refractivity contribution in [1.82, 2.24) is 20.0 Å². The number of halogens is 1. The molecule has 2 heterocycles. The van der Waals surface area contributed by atoms with E-state index in [2.05, 4.69) is 23.4 Å². The summed E-state index contributed by atoms with van der Waals surface area (Å²) in [5.74, 6) is 0.144. The van der Waals surface area contributed by atoms with E-state index in [4.69, 9.17) is 0 Å². The van der Waals surface area contributed by atoms with E-state index in [1.165, 1.54) is 0 Å². The SMILES string of the molecule is CNCC1CCCN1C(=O)c1ccc(Cn2nc(C)cc2C)cc1.Cl. The van der Waals surface area contributed by atoms with Crippen LogP contribution in [0.3, 0.4) is 0 Å². The minimum Gasteiger partial charge on any atom is -0.334 e. The molecule has 0 radical (unpaired) electrons. The number of rotatable bonds is 5. The first kappa shape index (κ1) is 19.5. The fraction of sp³-hybridized carbons (Fsp3) is 0.474. The highest BCUT2D eigenvalue weighted by molar-refractivity contribution is 5.94. The molecule has 1 aromatic carbocycles. The number of hydrogen-bond donors (Lipinski definition) is 1. The Kier molecular flexibility index (Phi) is 6.62. The van der Waals surface area contributed by atoms with Crippen molar-refractivity contribution in [3.8, 4) is 0 Å². The fourth-order valence-electron chi connectivity index (χ4n) is 3.48. The molecule has 6 heteroatoms. The molecule has 0 bridgehead atoms. The predicted molar refractivity (Wildman–Crippen MR) is 102 cm³/mol. The van der Waals surface area contributed by atoms with Crippen LogP contribution < -0.4 is 5.32 Å². The maximum Gasteiger partial charge on any atom is 0.254 e. The average Bonchev–Trinajstić information content (AvgIpc) is 3.14. The molecule has 0 saturated carbocycles. The van der Waals surface area contributed by atoms with Gasteiger partial charge in [-0.15, -0.1) is 12.4 Å². The molecule has 136 valence electrons. The molecule has 1 unspecified atom stereocenters. The van der Waals surface area contributed by atoms with Gasteiger partial charge in [0, 0.05) is 30.4 Å². The zero-order chi connectivity index (χ0) is 17.1. The maximum absolute atomic E-state index is 12.7. The zero-order valence-electron chi connectivity index (χ0n) is 15.2. The van der Waals surface area contributed by atoms with Gasteiger partial charge in [0.1, 0.15) is 0 Å². The molecule has 3 rings (SSSR count). The lowest BCUT2D eigenvalue weighted by Gasteiger charge is -2.24. The van der Waals surface area contributed by atoms with Gasteiger partial charge in [0.2, 0.25) is 0 Å². The van der Waals surface area contributed by atoms with Crippen molar-refractivity contribution in [3.05, 3.63) is 52.8 Å². The van der Waals surface area contributed by atoms with Gasteiger partial charge in [0.15, 0.2) is 0 Å². The Hall–Kier alpha value is -1.85. The number of carbonyl (C=O) groups is 1. The molecule has 25 heavy (non-hydrogen) atoms. The number of amides is 1. The molecule has 1 atom stereocenters.